The van der Waals surface area contributed by atoms with Gasteiger partial charge in [-0.1, -0.05) is 25.1 Å². The van der Waals surface area contributed by atoms with Crippen molar-refractivity contribution in [1.29, 1.82) is 0 Å². The van der Waals surface area contributed by atoms with Crippen LogP contribution in [0.4, 0.5) is 0 Å². The molecule has 2 amide bonds. The van der Waals surface area contributed by atoms with Crippen molar-refractivity contribution in [2.75, 3.05) is 20.3 Å². The van der Waals surface area contributed by atoms with Crippen LogP contribution in [0.5, 0.6) is 11.5 Å². The van der Waals surface area contributed by atoms with Crippen LogP contribution >= 0.6 is 0 Å². The molecule has 6 nitrogen and oxygen atoms in total. The SMILES string of the molecule is CCCNC(=O)[C@@H](C)N(Cc1cccc(OC)c1)C(=O)COc1ccc(C)c(C)c1. The van der Waals surface area contributed by atoms with Crippen LogP contribution < -0.4 is 14.8 Å². The molecule has 2 aromatic carbocycles. The van der Waals surface area contributed by atoms with Crippen molar-refractivity contribution >= 4 is 11.8 Å². The first kappa shape index (κ1) is 23.3. The van der Waals surface area contributed by atoms with E-state index in [-0.39, 0.29) is 25.0 Å². The highest BCUT2D eigenvalue weighted by molar-refractivity contribution is 5.87. The Labute approximate surface area is 179 Å². The zero-order valence-corrected chi connectivity index (χ0v) is 18.5. The van der Waals surface area contributed by atoms with Crippen molar-refractivity contribution in [3.63, 3.8) is 0 Å². The van der Waals surface area contributed by atoms with Crippen LogP contribution in [0.3, 0.4) is 0 Å². The minimum Gasteiger partial charge on any atom is -0.497 e. The van der Waals surface area contributed by atoms with Crippen molar-refractivity contribution in [2.45, 2.75) is 46.7 Å². The summed E-state index contributed by atoms with van der Waals surface area (Å²) in [5.74, 6) is 0.903. The third kappa shape index (κ3) is 6.51. The lowest BCUT2D eigenvalue weighted by Crippen LogP contribution is -2.49. The summed E-state index contributed by atoms with van der Waals surface area (Å²) in [6.45, 7) is 8.46. The summed E-state index contributed by atoms with van der Waals surface area (Å²) in [4.78, 5) is 27.1. The van der Waals surface area contributed by atoms with Crippen LogP contribution in [-0.2, 0) is 16.1 Å². The Balaban J connectivity index is 2.16. The predicted octanol–water partition coefficient (Wildman–Crippen LogP) is 3.63. The fourth-order valence-electron chi connectivity index (χ4n) is 2.98. The molecule has 0 spiro atoms. The zero-order valence-electron chi connectivity index (χ0n) is 18.5. The van der Waals surface area contributed by atoms with E-state index in [1.165, 1.54) is 0 Å². The highest BCUT2D eigenvalue weighted by Crippen LogP contribution is 2.18. The molecule has 0 heterocycles. The number of hydrogen-bond acceptors (Lipinski definition) is 4. The lowest BCUT2D eigenvalue weighted by molar-refractivity contribution is -0.142. The normalized spacial score (nSPS) is 11.5. The topological polar surface area (TPSA) is 67.9 Å². The molecular formula is C24H32N2O4. The standard InChI is InChI=1S/C24H32N2O4/c1-6-12-25-24(28)19(4)26(15-20-8-7-9-21(14-20)29-5)23(27)16-30-22-11-10-17(2)18(3)13-22/h7-11,13-14,19H,6,12,15-16H2,1-5H3,(H,25,28)/t19-/m1/s1. The van der Waals surface area contributed by atoms with Gasteiger partial charge >= 0.3 is 0 Å². The van der Waals surface area contributed by atoms with Gasteiger partial charge in [-0.25, -0.2) is 0 Å². The van der Waals surface area contributed by atoms with Crippen molar-refractivity contribution < 1.29 is 19.1 Å². The number of nitrogens with zero attached hydrogens (tertiary/aromatic N) is 1. The molecule has 2 rings (SSSR count). The molecule has 0 saturated heterocycles. The summed E-state index contributed by atoms with van der Waals surface area (Å²) in [6.07, 6.45) is 0.832. The van der Waals surface area contributed by atoms with Crippen LogP contribution in [0.2, 0.25) is 0 Å². The van der Waals surface area contributed by atoms with Crippen LogP contribution in [0, 0.1) is 13.8 Å². The Hall–Kier alpha value is -3.02. The van der Waals surface area contributed by atoms with Gasteiger partial charge in [0, 0.05) is 13.1 Å². The molecule has 0 aliphatic heterocycles. The number of methoxy groups -OCH3 is 1. The van der Waals surface area contributed by atoms with Gasteiger partial charge in [0.15, 0.2) is 6.61 Å². The lowest BCUT2D eigenvalue weighted by atomic mass is 10.1. The number of ether oxygens (including phenoxy) is 2. The first-order valence-electron chi connectivity index (χ1n) is 10.3. The summed E-state index contributed by atoms with van der Waals surface area (Å²) in [6, 6.07) is 12.6. The second kappa shape index (κ2) is 11.2. The van der Waals surface area contributed by atoms with E-state index in [0.717, 1.165) is 23.1 Å². The molecule has 0 bridgehead atoms. The second-order valence-electron chi connectivity index (χ2n) is 7.37. The third-order valence-corrected chi connectivity index (χ3v) is 5.04. The van der Waals surface area contributed by atoms with Gasteiger partial charge in [-0.15, -0.1) is 0 Å². The zero-order chi connectivity index (χ0) is 22.1. The van der Waals surface area contributed by atoms with E-state index in [2.05, 4.69) is 5.32 Å². The Kier molecular flexibility index (Phi) is 8.71. The molecule has 0 fully saturated rings. The summed E-state index contributed by atoms with van der Waals surface area (Å²) in [7, 11) is 1.60. The van der Waals surface area contributed by atoms with Gasteiger partial charge in [0.25, 0.3) is 5.91 Å². The van der Waals surface area contributed by atoms with E-state index >= 15 is 0 Å². The van der Waals surface area contributed by atoms with Gasteiger partial charge in [-0.2, -0.15) is 0 Å². The first-order valence-corrected chi connectivity index (χ1v) is 10.3. The first-order chi connectivity index (χ1) is 14.3. The van der Waals surface area contributed by atoms with Gasteiger partial charge < -0.3 is 19.7 Å². The van der Waals surface area contributed by atoms with Crippen LogP contribution in [0.1, 0.15) is 37.0 Å². The molecule has 0 aromatic heterocycles. The fraction of sp³-hybridized carbons (Fsp3) is 0.417. The molecule has 0 aliphatic carbocycles. The number of benzene rings is 2. The van der Waals surface area contributed by atoms with Crippen molar-refractivity contribution in [3.05, 3.63) is 59.2 Å². The summed E-state index contributed by atoms with van der Waals surface area (Å²) in [5, 5.41) is 2.86. The van der Waals surface area contributed by atoms with Gasteiger partial charge in [-0.3, -0.25) is 9.59 Å². The third-order valence-electron chi connectivity index (χ3n) is 5.04. The molecule has 30 heavy (non-hydrogen) atoms. The number of carbonyl (C=O) groups is 2. The molecular weight excluding hydrogens is 380 g/mol. The largest absolute Gasteiger partial charge is 0.497 e. The Morgan fingerprint density at radius 3 is 2.50 bits per heavy atom. The van der Waals surface area contributed by atoms with E-state index in [0.29, 0.717) is 18.0 Å². The summed E-state index contributed by atoms with van der Waals surface area (Å²) < 4.78 is 11.0. The molecule has 0 unspecified atom stereocenters. The maximum Gasteiger partial charge on any atom is 0.261 e. The molecule has 2 aromatic rings. The van der Waals surface area contributed by atoms with Crippen LogP contribution in [0.25, 0.3) is 0 Å². The van der Waals surface area contributed by atoms with E-state index in [1.807, 2.05) is 63.2 Å². The quantitative estimate of drug-likeness (QED) is 0.647. The molecule has 1 N–H and O–H groups in total. The molecule has 0 aliphatic rings. The number of nitrogens with one attached hydrogen (secondary N) is 1. The Morgan fingerprint density at radius 1 is 1.07 bits per heavy atom. The van der Waals surface area contributed by atoms with Crippen LogP contribution in [0.15, 0.2) is 42.5 Å². The molecule has 0 radical (unpaired) electrons. The van der Waals surface area contributed by atoms with E-state index in [4.69, 9.17) is 9.47 Å². The van der Waals surface area contributed by atoms with E-state index < -0.39 is 6.04 Å². The average molecular weight is 413 g/mol. The van der Waals surface area contributed by atoms with Gasteiger partial charge in [0.05, 0.1) is 7.11 Å². The number of rotatable bonds is 10. The molecule has 162 valence electrons. The summed E-state index contributed by atoms with van der Waals surface area (Å²) >= 11 is 0. The minimum atomic E-state index is -0.626. The highest BCUT2D eigenvalue weighted by Gasteiger charge is 2.26. The predicted molar refractivity (Wildman–Crippen MR) is 118 cm³/mol. The van der Waals surface area contributed by atoms with Crippen molar-refractivity contribution in [3.8, 4) is 11.5 Å². The Morgan fingerprint density at radius 2 is 1.83 bits per heavy atom. The van der Waals surface area contributed by atoms with Crippen LogP contribution in [-0.4, -0.2) is 43.0 Å². The van der Waals surface area contributed by atoms with Gasteiger partial charge in [-0.05, 0) is 68.1 Å². The van der Waals surface area contributed by atoms with Crippen molar-refractivity contribution in [2.24, 2.45) is 0 Å². The average Bonchev–Trinajstić information content (AvgIpc) is 2.76. The molecule has 6 heteroatoms. The fourth-order valence-corrected chi connectivity index (χ4v) is 2.98. The molecule has 1 atom stereocenters. The van der Waals surface area contributed by atoms with E-state index in [1.54, 1.807) is 18.9 Å². The second-order valence-corrected chi connectivity index (χ2v) is 7.37. The highest BCUT2D eigenvalue weighted by atomic mass is 16.5. The van der Waals surface area contributed by atoms with Crippen molar-refractivity contribution in [1.82, 2.24) is 10.2 Å². The number of carbonyl (C=O) groups excluding carboxylic acids is 2. The smallest absolute Gasteiger partial charge is 0.261 e. The number of hydrogen-bond donors (Lipinski definition) is 1. The maximum absolute atomic E-state index is 13.0. The number of aryl methyl sites for hydroxylation is 2. The lowest BCUT2D eigenvalue weighted by Gasteiger charge is -2.29. The maximum atomic E-state index is 13.0. The van der Waals surface area contributed by atoms with E-state index in [9.17, 15) is 9.59 Å². The Bertz CT molecular complexity index is 866. The minimum absolute atomic E-state index is 0.141. The van der Waals surface area contributed by atoms with Gasteiger partial charge in [0.1, 0.15) is 17.5 Å². The summed E-state index contributed by atoms with van der Waals surface area (Å²) in [5.41, 5.74) is 3.14. The molecule has 0 saturated carbocycles. The van der Waals surface area contributed by atoms with Gasteiger partial charge in [0.2, 0.25) is 5.91 Å². The number of amides is 2. The monoisotopic (exact) mass is 412 g/mol.